The van der Waals surface area contributed by atoms with Crippen LogP contribution in [-0.2, 0) is 0 Å². The van der Waals surface area contributed by atoms with Gasteiger partial charge in [-0.3, -0.25) is 0 Å². The van der Waals surface area contributed by atoms with Gasteiger partial charge in [0, 0.05) is 30.5 Å². The molecule has 0 aromatic carbocycles. The van der Waals surface area contributed by atoms with E-state index in [9.17, 15) is 0 Å². The van der Waals surface area contributed by atoms with Gasteiger partial charge in [0.25, 0.3) is 0 Å². The normalized spacial score (nSPS) is 24.8. The molecule has 2 rings (SSSR count). The minimum atomic E-state index is 0.426. The van der Waals surface area contributed by atoms with Crippen LogP contribution < -0.4 is 10.6 Å². The highest BCUT2D eigenvalue weighted by molar-refractivity contribution is 5.08. The fraction of sp³-hybridized carbons (Fsp3) is 0.636. The summed E-state index contributed by atoms with van der Waals surface area (Å²) in [5.74, 6) is 0. The number of aromatic nitrogens is 1. The Bertz CT molecular complexity index is 250. The van der Waals surface area contributed by atoms with Crippen LogP contribution in [0.15, 0.2) is 18.3 Å². The van der Waals surface area contributed by atoms with Gasteiger partial charge < -0.3 is 15.6 Å². The molecule has 0 unspecified atom stereocenters. The molecule has 3 nitrogen and oxygen atoms in total. The molecule has 2 atom stereocenters. The van der Waals surface area contributed by atoms with Crippen LogP contribution in [0.3, 0.4) is 0 Å². The van der Waals surface area contributed by atoms with E-state index >= 15 is 0 Å². The van der Waals surface area contributed by atoms with Gasteiger partial charge in [-0.15, -0.1) is 0 Å². The van der Waals surface area contributed by atoms with Gasteiger partial charge in [-0.2, -0.15) is 0 Å². The van der Waals surface area contributed by atoms with Crippen LogP contribution in [-0.4, -0.2) is 24.1 Å². The lowest BCUT2D eigenvalue weighted by Gasteiger charge is -2.26. The molecule has 0 aliphatic carbocycles. The SMILES string of the molecule is C[C@@H](N[C@H]1CCCNC1)c1ccc[nH]1. The minimum Gasteiger partial charge on any atom is -0.364 e. The second kappa shape index (κ2) is 4.62. The molecule has 1 fully saturated rings. The van der Waals surface area contributed by atoms with Crippen LogP contribution in [0.5, 0.6) is 0 Å². The Balaban J connectivity index is 1.84. The molecular weight excluding hydrogens is 174 g/mol. The Hall–Kier alpha value is -0.800. The van der Waals surface area contributed by atoms with E-state index in [2.05, 4.69) is 28.6 Å². The van der Waals surface area contributed by atoms with Crippen LogP contribution in [0.4, 0.5) is 0 Å². The molecule has 1 aliphatic rings. The first-order valence-electron chi connectivity index (χ1n) is 5.46. The summed E-state index contributed by atoms with van der Waals surface area (Å²) in [5.41, 5.74) is 1.27. The zero-order chi connectivity index (χ0) is 9.80. The first-order valence-corrected chi connectivity index (χ1v) is 5.46. The van der Waals surface area contributed by atoms with Crippen molar-refractivity contribution in [3.63, 3.8) is 0 Å². The van der Waals surface area contributed by atoms with Gasteiger partial charge in [-0.25, -0.2) is 0 Å². The Morgan fingerprint density at radius 1 is 1.57 bits per heavy atom. The van der Waals surface area contributed by atoms with E-state index < -0.39 is 0 Å². The van der Waals surface area contributed by atoms with Gasteiger partial charge in [0.15, 0.2) is 0 Å². The lowest BCUT2D eigenvalue weighted by atomic mass is 10.1. The van der Waals surface area contributed by atoms with E-state index in [1.165, 1.54) is 25.1 Å². The predicted molar refractivity (Wildman–Crippen MR) is 58.2 cm³/mol. The number of hydrogen-bond acceptors (Lipinski definition) is 2. The summed E-state index contributed by atoms with van der Waals surface area (Å²) in [4.78, 5) is 3.24. The molecule has 14 heavy (non-hydrogen) atoms. The maximum absolute atomic E-state index is 3.63. The Morgan fingerprint density at radius 3 is 3.14 bits per heavy atom. The lowest BCUT2D eigenvalue weighted by molar-refractivity contribution is 0.360. The summed E-state index contributed by atoms with van der Waals surface area (Å²) in [6, 6.07) is 5.23. The molecule has 0 bridgehead atoms. The maximum atomic E-state index is 3.63. The highest BCUT2D eigenvalue weighted by atomic mass is 15.0. The molecule has 78 valence electrons. The van der Waals surface area contributed by atoms with Crippen molar-refractivity contribution in [3.05, 3.63) is 24.0 Å². The topological polar surface area (TPSA) is 39.8 Å². The number of nitrogens with one attached hydrogen (secondary N) is 3. The molecule has 2 heterocycles. The van der Waals surface area contributed by atoms with Crippen molar-refractivity contribution in [2.75, 3.05) is 13.1 Å². The molecule has 1 aliphatic heterocycles. The molecule has 0 radical (unpaired) electrons. The average Bonchev–Trinajstić information content (AvgIpc) is 2.72. The highest BCUT2D eigenvalue weighted by Gasteiger charge is 2.15. The first-order chi connectivity index (χ1) is 6.86. The summed E-state index contributed by atoms with van der Waals surface area (Å²) in [6.45, 7) is 4.49. The third-order valence-corrected chi connectivity index (χ3v) is 2.87. The second-order valence-corrected chi connectivity index (χ2v) is 4.06. The van der Waals surface area contributed by atoms with Crippen molar-refractivity contribution in [2.45, 2.75) is 31.8 Å². The zero-order valence-electron chi connectivity index (χ0n) is 8.72. The number of H-pyrrole nitrogens is 1. The van der Waals surface area contributed by atoms with Gasteiger partial charge in [-0.1, -0.05) is 0 Å². The second-order valence-electron chi connectivity index (χ2n) is 4.06. The van der Waals surface area contributed by atoms with Gasteiger partial charge in [0.1, 0.15) is 0 Å². The average molecular weight is 193 g/mol. The quantitative estimate of drug-likeness (QED) is 0.679. The number of hydrogen-bond donors (Lipinski definition) is 3. The maximum Gasteiger partial charge on any atom is 0.0446 e. The van der Waals surface area contributed by atoms with Gasteiger partial charge in [0.05, 0.1) is 0 Å². The molecule has 1 aromatic rings. The number of rotatable bonds is 3. The Kier molecular flexibility index (Phi) is 3.22. The summed E-state index contributed by atoms with van der Waals surface area (Å²) in [5, 5.41) is 7.04. The van der Waals surface area contributed by atoms with Crippen molar-refractivity contribution >= 4 is 0 Å². The van der Waals surface area contributed by atoms with Gasteiger partial charge >= 0.3 is 0 Å². The van der Waals surface area contributed by atoms with E-state index in [0.29, 0.717) is 12.1 Å². The highest BCUT2D eigenvalue weighted by Crippen LogP contribution is 2.12. The van der Waals surface area contributed by atoms with E-state index in [0.717, 1.165) is 6.54 Å². The van der Waals surface area contributed by atoms with E-state index in [1.807, 2.05) is 12.3 Å². The zero-order valence-corrected chi connectivity index (χ0v) is 8.72. The molecule has 0 spiro atoms. The summed E-state index contributed by atoms with van der Waals surface area (Å²) >= 11 is 0. The van der Waals surface area contributed by atoms with Gasteiger partial charge in [0.2, 0.25) is 0 Å². The van der Waals surface area contributed by atoms with E-state index in [-0.39, 0.29) is 0 Å². The molecular formula is C11H19N3. The Morgan fingerprint density at radius 2 is 2.50 bits per heavy atom. The smallest absolute Gasteiger partial charge is 0.0446 e. The van der Waals surface area contributed by atoms with Crippen molar-refractivity contribution in [2.24, 2.45) is 0 Å². The number of aromatic amines is 1. The van der Waals surface area contributed by atoms with Crippen LogP contribution in [0.1, 0.15) is 31.5 Å². The van der Waals surface area contributed by atoms with E-state index in [1.54, 1.807) is 0 Å². The van der Waals surface area contributed by atoms with Crippen molar-refractivity contribution in [1.29, 1.82) is 0 Å². The molecule has 3 heteroatoms. The van der Waals surface area contributed by atoms with Crippen molar-refractivity contribution in [1.82, 2.24) is 15.6 Å². The third-order valence-electron chi connectivity index (χ3n) is 2.87. The van der Waals surface area contributed by atoms with Crippen LogP contribution in [0, 0.1) is 0 Å². The minimum absolute atomic E-state index is 0.426. The van der Waals surface area contributed by atoms with Crippen molar-refractivity contribution < 1.29 is 0 Å². The predicted octanol–water partition coefficient (Wildman–Crippen LogP) is 1.42. The third kappa shape index (κ3) is 2.36. The molecule has 1 aromatic heterocycles. The van der Waals surface area contributed by atoms with Crippen molar-refractivity contribution in [3.8, 4) is 0 Å². The fourth-order valence-electron chi connectivity index (χ4n) is 2.05. The van der Waals surface area contributed by atoms with Crippen LogP contribution >= 0.6 is 0 Å². The number of piperidine rings is 1. The van der Waals surface area contributed by atoms with Gasteiger partial charge in [-0.05, 0) is 38.4 Å². The first kappa shape index (κ1) is 9.74. The molecule has 1 saturated heterocycles. The summed E-state index contributed by atoms with van der Waals surface area (Å²) in [6.07, 6.45) is 4.56. The molecule has 3 N–H and O–H groups in total. The summed E-state index contributed by atoms with van der Waals surface area (Å²) < 4.78 is 0. The fourth-order valence-corrected chi connectivity index (χ4v) is 2.05. The molecule has 0 amide bonds. The summed E-state index contributed by atoms with van der Waals surface area (Å²) in [7, 11) is 0. The van der Waals surface area contributed by atoms with E-state index in [4.69, 9.17) is 0 Å². The lowest BCUT2D eigenvalue weighted by Crippen LogP contribution is -2.44. The monoisotopic (exact) mass is 193 g/mol. The largest absolute Gasteiger partial charge is 0.364 e. The standard InChI is InChI=1S/C11H19N3/c1-9(11-5-3-7-13-11)14-10-4-2-6-12-8-10/h3,5,7,9-10,12-14H,2,4,6,8H2,1H3/t9-,10+/m1/s1. The van der Waals surface area contributed by atoms with Crippen LogP contribution in [0.2, 0.25) is 0 Å². The molecule has 0 saturated carbocycles. The Labute approximate surface area is 85.3 Å². The van der Waals surface area contributed by atoms with Crippen LogP contribution in [0.25, 0.3) is 0 Å².